The van der Waals surface area contributed by atoms with Gasteiger partial charge in [-0.1, -0.05) is 0 Å². The monoisotopic (exact) mass is 267 g/mol. The zero-order valence-electron chi connectivity index (χ0n) is 12.5. The predicted octanol–water partition coefficient (Wildman–Crippen LogP) is 1.10. The molecule has 3 aliphatic heterocycles. The standard InChI is InChI=1S/C15H29N3O/c1-14(6-3-7-19-14)11-17-15(10-16)8-12-4-5-13(9-15)18(12)2/h12-13,17H,3-11,16H2,1-2H3. The minimum atomic E-state index is 0.0323. The summed E-state index contributed by atoms with van der Waals surface area (Å²) in [6.45, 7) is 4.86. The topological polar surface area (TPSA) is 50.5 Å². The van der Waals surface area contributed by atoms with Crippen molar-refractivity contribution in [1.82, 2.24) is 10.2 Å². The van der Waals surface area contributed by atoms with Crippen molar-refractivity contribution in [2.45, 2.75) is 68.7 Å². The second-order valence-electron chi connectivity index (χ2n) is 7.20. The maximum absolute atomic E-state index is 6.14. The summed E-state index contributed by atoms with van der Waals surface area (Å²) in [6.07, 6.45) is 7.46. The fraction of sp³-hybridized carbons (Fsp3) is 1.00. The average Bonchev–Trinajstić information content (AvgIpc) is 2.91. The van der Waals surface area contributed by atoms with Crippen LogP contribution < -0.4 is 11.1 Å². The zero-order chi connectivity index (χ0) is 13.5. The van der Waals surface area contributed by atoms with Gasteiger partial charge in [0, 0.05) is 37.3 Å². The summed E-state index contributed by atoms with van der Waals surface area (Å²) in [7, 11) is 2.28. The van der Waals surface area contributed by atoms with Crippen molar-refractivity contribution in [3.63, 3.8) is 0 Å². The van der Waals surface area contributed by atoms with Crippen molar-refractivity contribution in [3.05, 3.63) is 0 Å². The van der Waals surface area contributed by atoms with Gasteiger partial charge in [0.1, 0.15) is 0 Å². The van der Waals surface area contributed by atoms with E-state index in [1.54, 1.807) is 0 Å². The van der Waals surface area contributed by atoms with Crippen LogP contribution in [0.15, 0.2) is 0 Å². The quantitative estimate of drug-likeness (QED) is 0.801. The van der Waals surface area contributed by atoms with E-state index in [9.17, 15) is 0 Å². The second kappa shape index (κ2) is 4.99. The number of nitrogens with two attached hydrogens (primary N) is 1. The van der Waals surface area contributed by atoms with Crippen LogP contribution >= 0.6 is 0 Å². The molecule has 0 radical (unpaired) electrons. The maximum Gasteiger partial charge on any atom is 0.0779 e. The van der Waals surface area contributed by atoms with E-state index in [1.165, 1.54) is 38.5 Å². The molecule has 4 nitrogen and oxygen atoms in total. The Morgan fingerprint density at radius 1 is 1.32 bits per heavy atom. The summed E-state index contributed by atoms with van der Waals surface area (Å²) in [5.41, 5.74) is 6.32. The molecule has 110 valence electrons. The lowest BCUT2D eigenvalue weighted by atomic mass is 9.82. The third-order valence-electron chi connectivity index (χ3n) is 5.77. The van der Waals surface area contributed by atoms with Gasteiger partial charge in [-0.2, -0.15) is 0 Å². The maximum atomic E-state index is 6.14. The zero-order valence-corrected chi connectivity index (χ0v) is 12.5. The van der Waals surface area contributed by atoms with Crippen molar-refractivity contribution in [1.29, 1.82) is 0 Å². The van der Waals surface area contributed by atoms with Crippen molar-refractivity contribution in [3.8, 4) is 0 Å². The number of hydrogen-bond acceptors (Lipinski definition) is 4. The molecule has 0 spiro atoms. The first-order valence-electron chi connectivity index (χ1n) is 7.87. The van der Waals surface area contributed by atoms with Crippen LogP contribution in [0, 0.1) is 0 Å². The van der Waals surface area contributed by atoms with Crippen molar-refractivity contribution in [2.24, 2.45) is 5.73 Å². The van der Waals surface area contributed by atoms with Crippen LogP contribution in [0.5, 0.6) is 0 Å². The molecule has 3 rings (SSSR count). The van der Waals surface area contributed by atoms with E-state index in [4.69, 9.17) is 10.5 Å². The highest BCUT2D eigenvalue weighted by Crippen LogP contribution is 2.39. The predicted molar refractivity (Wildman–Crippen MR) is 77.2 cm³/mol. The molecule has 3 saturated heterocycles. The van der Waals surface area contributed by atoms with Gasteiger partial charge in [-0.05, 0) is 52.5 Å². The van der Waals surface area contributed by atoms with E-state index in [1.807, 2.05) is 0 Å². The molecule has 0 aromatic carbocycles. The van der Waals surface area contributed by atoms with Gasteiger partial charge in [0.25, 0.3) is 0 Å². The Hall–Kier alpha value is -0.160. The highest BCUT2D eigenvalue weighted by molar-refractivity contribution is 5.06. The van der Waals surface area contributed by atoms with Gasteiger partial charge in [-0.15, -0.1) is 0 Å². The third-order valence-corrected chi connectivity index (χ3v) is 5.77. The summed E-state index contributed by atoms with van der Waals surface area (Å²) in [5.74, 6) is 0. The minimum absolute atomic E-state index is 0.0323. The Bertz CT molecular complexity index is 313. The molecule has 19 heavy (non-hydrogen) atoms. The Morgan fingerprint density at radius 3 is 2.53 bits per heavy atom. The minimum Gasteiger partial charge on any atom is -0.374 e. The smallest absolute Gasteiger partial charge is 0.0779 e. The molecular formula is C15H29N3O. The van der Waals surface area contributed by atoms with Gasteiger partial charge in [0.15, 0.2) is 0 Å². The summed E-state index contributed by atoms with van der Waals surface area (Å²) in [5, 5.41) is 3.81. The average molecular weight is 267 g/mol. The van der Waals surface area contributed by atoms with Gasteiger partial charge in [-0.3, -0.25) is 0 Å². The van der Waals surface area contributed by atoms with E-state index >= 15 is 0 Å². The first kappa shape index (κ1) is 13.8. The summed E-state index contributed by atoms with van der Waals surface area (Å²) >= 11 is 0. The third kappa shape index (κ3) is 2.56. The lowest BCUT2D eigenvalue weighted by Crippen LogP contribution is -2.62. The SMILES string of the molecule is CN1C2CCC1CC(CN)(NCC1(C)CCCO1)C2. The van der Waals surface area contributed by atoms with Crippen LogP contribution in [0.1, 0.15) is 45.4 Å². The van der Waals surface area contributed by atoms with Crippen LogP contribution in [-0.4, -0.2) is 54.9 Å². The van der Waals surface area contributed by atoms with E-state index in [2.05, 4.69) is 24.2 Å². The molecule has 3 aliphatic rings. The molecule has 4 heteroatoms. The molecule has 3 N–H and O–H groups in total. The summed E-state index contributed by atoms with van der Waals surface area (Å²) in [6, 6.07) is 1.46. The Labute approximate surface area is 117 Å². The Kier molecular flexibility index (Phi) is 3.63. The normalized spacial score (nSPS) is 46.9. The van der Waals surface area contributed by atoms with Gasteiger partial charge in [0.2, 0.25) is 0 Å². The van der Waals surface area contributed by atoms with Gasteiger partial charge in [0.05, 0.1) is 5.60 Å². The van der Waals surface area contributed by atoms with Crippen LogP contribution in [0.4, 0.5) is 0 Å². The molecule has 3 heterocycles. The number of ether oxygens (including phenoxy) is 1. The lowest BCUT2D eigenvalue weighted by molar-refractivity contribution is 0.00537. The molecular weight excluding hydrogens is 238 g/mol. The number of rotatable bonds is 4. The van der Waals surface area contributed by atoms with Crippen LogP contribution in [0.2, 0.25) is 0 Å². The van der Waals surface area contributed by atoms with E-state index in [0.29, 0.717) is 0 Å². The lowest BCUT2D eigenvalue weighted by Gasteiger charge is -2.46. The largest absolute Gasteiger partial charge is 0.374 e. The highest BCUT2D eigenvalue weighted by atomic mass is 16.5. The number of nitrogens with one attached hydrogen (secondary N) is 1. The Morgan fingerprint density at radius 2 is 2.00 bits per heavy atom. The van der Waals surface area contributed by atoms with Gasteiger partial charge < -0.3 is 20.7 Å². The molecule has 0 aromatic heterocycles. The Balaban J connectivity index is 1.64. The summed E-state index contributed by atoms with van der Waals surface area (Å²) < 4.78 is 5.90. The van der Waals surface area contributed by atoms with Crippen LogP contribution in [-0.2, 0) is 4.74 Å². The first-order chi connectivity index (χ1) is 9.06. The molecule has 3 unspecified atom stereocenters. The fourth-order valence-electron chi connectivity index (χ4n) is 4.30. The molecule has 0 aliphatic carbocycles. The number of hydrogen-bond donors (Lipinski definition) is 2. The number of fused-ring (bicyclic) bond motifs is 2. The van der Waals surface area contributed by atoms with Crippen molar-refractivity contribution >= 4 is 0 Å². The van der Waals surface area contributed by atoms with E-state index in [-0.39, 0.29) is 11.1 Å². The van der Waals surface area contributed by atoms with Crippen LogP contribution in [0.25, 0.3) is 0 Å². The first-order valence-corrected chi connectivity index (χ1v) is 7.87. The molecule has 3 atom stereocenters. The summed E-state index contributed by atoms with van der Waals surface area (Å²) in [4.78, 5) is 2.57. The second-order valence-corrected chi connectivity index (χ2v) is 7.20. The molecule has 0 aromatic rings. The fourth-order valence-corrected chi connectivity index (χ4v) is 4.30. The van der Waals surface area contributed by atoms with E-state index < -0.39 is 0 Å². The van der Waals surface area contributed by atoms with Gasteiger partial charge in [-0.25, -0.2) is 0 Å². The number of nitrogens with zero attached hydrogens (tertiary/aromatic N) is 1. The van der Waals surface area contributed by atoms with Crippen LogP contribution in [0.3, 0.4) is 0 Å². The molecule has 3 fully saturated rings. The van der Waals surface area contributed by atoms with Crippen molar-refractivity contribution < 1.29 is 4.74 Å². The highest BCUT2D eigenvalue weighted by Gasteiger charge is 2.46. The van der Waals surface area contributed by atoms with Gasteiger partial charge >= 0.3 is 0 Å². The van der Waals surface area contributed by atoms with Crippen molar-refractivity contribution in [2.75, 3.05) is 26.7 Å². The van der Waals surface area contributed by atoms with E-state index in [0.717, 1.165) is 31.8 Å². The number of piperidine rings is 1. The molecule has 0 amide bonds. The molecule has 0 saturated carbocycles. The molecule has 2 bridgehead atoms.